The van der Waals surface area contributed by atoms with Crippen LogP contribution in [-0.2, 0) is 14.9 Å². The van der Waals surface area contributed by atoms with Crippen molar-refractivity contribution >= 4 is 5.97 Å². The maximum Gasteiger partial charge on any atom is 0.302 e. The Morgan fingerprint density at radius 3 is 1.69 bits per heavy atom. The molecule has 0 aromatic heterocycles. The highest BCUT2D eigenvalue weighted by atomic mass is 16.5. The molecule has 1 unspecified atom stereocenters. The van der Waals surface area contributed by atoms with E-state index >= 15 is 0 Å². The second-order valence-corrected chi connectivity index (χ2v) is 8.79. The molecule has 0 heterocycles. The van der Waals surface area contributed by atoms with Crippen molar-refractivity contribution in [3.05, 3.63) is 71.8 Å². The van der Waals surface area contributed by atoms with Crippen LogP contribution in [0.5, 0.6) is 0 Å². The number of carbonyl (C=O) groups excluding carboxylic acids is 1. The molecule has 4 fully saturated rings. The van der Waals surface area contributed by atoms with E-state index in [1.165, 1.54) is 36.8 Å². The van der Waals surface area contributed by atoms with Crippen molar-refractivity contribution < 1.29 is 9.53 Å². The molecule has 0 amide bonds. The minimum Gasteiger partial charge on any atom is -0.462 e. The topological polar surface area (TPSA) is 26.3 Å². The Kier molecular flexibility index (Phi) is 2.66. The lowest BCUT2D eigenvalue weighted by molar-refractivity contribution is -0.150. The fraction of sp³-hybridized carbons (Fsp3) is 0.458. The van der Waals surface area contributed by atoms with Crippen LogP contribution in [0.2, 0.25) is 0 Å². The molecule has 0 aliphatic heterocycles. The van der Waals surface area contributed by atoms with Gasteiger partial charge in [-0.1, -0.05) is 60.7 Å². The molecule has 0 saturated heterocycles. The van der Waals surface area contributed by atoms with Crippen LogP contribution in [0.15, 0.2) is 60.7 Å². The monoisotopic (exact) mass is 344 g/mol. The molecule has 2 aromatic rings. The van der Waals surface area contributed by atoms with Crippen molar-refractivity contribution in [3.8, 4) is 0 Å². The van der Waals surface area contributed by atoms with E-state index in [1.807, 2.05) is 0 Å². The van der Waals surface area contributed by atoms with Gasteiger partial charge in [-0.15, -0.1) is 0 Å². The largest absolute Gasteiger partial charge is 0.462 e. The summed E-state index contributed by atoms with van der Waals surface area (Å²) >= 11 is 0. The number of carbonyl (C=O) groups is 1. The highest BCUT2D eigenvalue weighted by Gasteiger charge is 3.00. The van der Waals surface area contributed by atoms with Crippen molar-refractivity contribution in [2.45, 2.75) is 44.1 Å². The predicted octanol–water partition coefficient (Wildman–Crippen LogP) is 4.72. The SMILES string of the molecule is CC(=O)OC1[C@H]2CC[C@@H]1[C@]13CC[C@]21C3(c1ccccc1)c1ccccc1. The van der Waals surface area contributed by atoms with Gasteiger partial charge in [-0.3, -0.25) is 4.79 Å². The van der Waals surface area contributed by atoms with Crippen molar-refractivity contribution in [2.75, 3.05) is 0 Å². The maximum atomic E-state index is 11.7. The zero-order valence-electron chi connectivity index (χ0n) is 15.2. The zero-order chi connectivity index (χ0) is 17.6. The summed E-state index contributed by atoms with van der Waals surface area (Å²) in [5.41, 5.74) is 3.66. The lowest BCUT2D eigenvalue weighted by Gasteiger charge is -2.37. The molecule has 4 saturated carbocycles. The highest BCUT2D eigenvalue weighted by molar-refractivity contribution is 5.68. The normalized spacial score (nSPS) is 40.3. The average molecular weight is 344 g/mol. The summed E-state index contributed by atoms with van der Waals surface area (Å²) in [7, 11) is 0. The summed E-state index contributed by atoms with van der Waals surface area (Å²) < 4.78 is 5.90. The third-order valence-corrected chi connectivity index (χ3v) is 8.55. The summed E-state index contributed by atoms with van der Waals surface area (Å²) in [5, 5.41) is 0. The molecule has 6 rings (SSSR count). The van der Waals surface area contributed by atoms with Gasteiger partial charge in [0.15, 0.2) is 0 Å². The molecule has 0 N–H and O–H groups in total. The van der Waals surface area contributed by atoms with Crippen LogP contribution in [0.4, 0.5) is 0 Å². The first-order valence-corrected chi connectivity index (χ1v) is 9.98. The quantitative estimate of drug-likeness (QED) is 0.753. The molecular weight excluding hydrogens is 320 g/mol. The van der Waals surface area contributed by atoms with Gasteiger partial charge in [-0.2, -0.15) is 0 Å². The fourth-order valence-electron chi connectivity index (χ4n) is 8.33. The standard InChI is InChI=1S/C24H24O2/c1-16(25)26-21-19-12-13-20(21)23-15-14-22(19,23)24(23,17-8-4-2-5-9-17)18-10-6-3-7-11-18/h2-11,19-21H,12-15H2,1H3/t19-,20+,21?,22+,23-. The van der Waals surface area contributed by atoms with E-state index in [1.54, 1.807) is 6.92 Å². The number of ether oxygens (including phenoxy) is 1. The van der Waals surface area contributed by atoms with Crippen LogP contribution < -0.4 is 0 Å². The van der Waals surface area contributed by atoms with Gasteiger partial charge in [0, 0.05) is 24.2 Å². The van der Waals surface area contributed by atoms with Crippen LogP contribution in [0.1, 0.15) is 43.7 Å². The minimum absolute atomic E-state index is 0.106. The van der Waals surface area contributed by atoms with Gasteiger partial charge in [0.25, 0.3) is 0 Å². The first-order valence-electron chi connectivity index (χ1n) is 9.98. The van der Waals surface area contributed by atoms with E-state index in [0.29, 0.717) is 22.7 Å². The number of hydrogen-bond acceptors (Lipinski definition) is 2. The maximum absolute atomic E-state index is 11.7. The van der Waals surface area contributed by atoms with Crippen LogP contribution in [0.3, 0.4) is 0 Å². The molecule has 5 atom stereocenters. The molecule has 2 aromatic carbocycles. The van der Waals surface area contributed by atoms with Gasteiger partial charge in [-0.05, 0) is 47.6 Å². The Balaban J connectivity index is 1.57. The van der Waals surface area contributed by atoms with Crippen LogP contribution in [0, 0.1) is 22.7 Å². The number of benzene rings is 2. The molecule has 2 heteroatoms. The number of esters is 1. The van der Waals surface area contributed by atoms with Gasteiger partial charge in [0.05, 0.1) is 0 Å². The number of fused-ring (bicyclic) bond motifs is 2. The second-order valence-electron chi connectivity index (χ2n) is 8.79. The van der Waals surface area contributed by atoms with E-state index in [0.717, 1.165) is 0 Å². The lowest BCUT2D eigenvalue weighted by Crippen LogP contribution is -2.34. The van der Waals surface area contributed by atoms with Gasteiger partial charge in [0.2, 0.25) is 0 Å². The fourth-order valence-corrected chi connectivity index (χ4v) is 8.33. The Morgan fingerprint density at radius 1 is 0.846 bits per heavy atom. The lowest BCUT2D eigenvalue weighted by atomic mass is 9.66. The van der Waals surface area contributed by atoms with E-state index < -0.39 is 0 Å². The van der Waals surface area contributed by atoms with E-state index in [4.69, 9.17) is 4.74 Å². The molecule has 2 bridgehead atoms. The average Bonchev–Trinajstić information content (AvgIpc) is 2.82. The Morgan fingerprint density at radius 2 is 1.31 bits per heavy atom. The van der Waals surface area contributed by atoms with Crippen molar-refractivity contribution in [1.82, 2.24) is 0 Å². The Labute approximate surface area is 154 Å². The zero-order valence-corrected chi connectivity index (χ0v) is 15.2. The smallest absolute Gasteiger partial charge is 0.302 e. The van der Waals surface area contributed by atoms with Crippen LogP contribution in [0.25, 0.3) is 0 Å². The van der Waals surface area contributed by atoms with E-state index in [9.17, 15) is 4.79 Å². The highest BCUT2D eigenvalue weighted by Crippen LogP contribution is 3.01. The third kappa shape index (κ3) is 1.27. The van der Waals surface area contributed by atoms with E-state index in [2.05, 4.69) is 60.7 Å². The van der Waals surface area contributed by atoms with Gasteiger partial charge in [-0.25, -0.2) is 0 Å². The summed E-state index contributed by atoms with van der Waals surface area (Å²) in [4.78, 5) is 11.7. The summed E-state index contributed by atoms with van der Waals surface area (Å²) in [5.74, 6) is 0.932. The predicted molar refractivity (Wildman–Crippen MR) is 99.5 cm³/mol. The van der Waals surface area contributed by atoms with Gasteiger partial charge in [0.1, 0.15) is 6.10 Å². The number of rotatable bonds is 3. The van der Waals surface area contributed by atoms with Gasteiger partial charge < -0.3 is 4.74 Å². The van der Waals surface area contributed by atoms with Crippen molar-refractivity contribution in [2.24, 2.45) is 22.7 Å². The minimum atomic E-state index is -0.106. The summed E-state index contributed by atoms with van der Waals surface area (Å²) in [6, 6.07) is 22.3. The van der Waals surface area contributed by atoms with Crippen LogP contribution >= 0.6 is 0 Å². The molecule has 132 valence electrons. The molecule has 4 aliphatic carbocycles. The first kappa shape index (κ1) is 15.0. The second kappa shape index (κ2) is 4.60. The van der Waals surface area contributed by atoms with Crippen molar-refractivity contribution in [1.29, 1.82) is 0 Å². The summed E-state index contributed by atoms with van der Waals surface area (Å²) in [6.45, 7) is 1.57. The molecular formula is C24H24O2. The Hall–Kier alpha value is -2.09. The molecule has 4 aliphatic rings. The molecule has 2 nitrogen and oxygen atoms in total. The first-order chi connectivity index (χ1) is 12.7. The third-order valence-electron chi connectivity index (χ3n) is 8.55. The molecule has 0 radical (unpaired) electrons. The number of hydrogen-bond donors (Lipinski definition) is 0. The molecule has 0 spiro atoms. The van der Waals surface area contributed by atoms with E-state index in [-0.39, 0.29) is 17.5 Å². The van der Waals surface area contributed by atoms with Crippen LogP contribution in [-0.4, -0.2) is 12.1 Å². The molecule has 26 heavy (non-hydrogen) atoms. The summed E-state index contributed by atoms with van der Waals surface area (Å²) in [6.07, 6.45) is 5.12. The van der Waals surface area contributed by atoms with Crippen molar-refractivity contribution in [3.63, 3.8) is 0 Å². The Bertz CT molecular complexity index is 821. The van der Waals surface area contributed by atoms with Gasteiger partial charge >= 0.3 is 5.97 Å².